The Morgan fingerprint density at radius 1 is 1.18 bits per heavy atom. The van der Waals surface area contributed by atoms with E-state index in [4.69, 9.17) is 0 Å². The minimum absolute atomic E-state index is 0.161. The highest BCUT2D eigenvalue weighted by Gasteiger charge is 2.39. The van der Waals surface area contributed by atoms with Crippen LogP contribution in [0.1, 0.15) is 13.3 Å². The zero-order chi connectivity index (χ0) is 11.8. The Bertz CT molecular complexity index is 571. The summed E-state index contributed by atoms with van der Waals surface area (Å²) in [6, 6.07) is 14.1. The molecule has 3 rings (SSSR count). The molecule has 2 atom stereocenters. The van der Waals surface area contributed by atoms with Crippen LogP contribution in [0, 0.1) is 11.8 Å². The Morgan fingerprint density at radius 3 is 2.65 bits per heavy atom. The lowest BCUT2D eigenvalue weighted by atomic mass is 10.1. The first kappa shape index (κ1) is 10.3. The fourth-order valence-corrected chi connectivity index (χ4v) is 2.25. The molecule has 1 N–H and O–H groups in total. The number of carbonyl (C=O) groups excluding carboxylic acids is 1. The summed E-state index contributed by atoms with van der Waals surface area (Å²) in [5.41, 5.74) is 0.923. The van der Waals surface area contributed by atoms with Crippen LogP contribution in [0.25, 0.3) is 10.8 Å². The molecule has 0 heterocycles. The predicted octanol–water partition coefficient (Wildman–Crippen LogP) is 3.43. The second kappa shape index (κ2) is 3.88. The van der Waals surface area contributed by atoms with Gasteiger partial charge in [0.2, 0.25) is 5.91 Å². The van der Waals surface area contributed by atoms with E-state index in [-0.39, 0.29) is 11.8 Å². The van der Waals surface area contributed by atoms with E-state index in [2.05, 4.69) is 24.4 Å². The zero-order valence-corrected chi connectivity index (χ0v) is 9.81. The first-order chi connectivity index (χ1) is 8.25. The molecule has 2 heteroatoms. The average molecular weight is 225 g/mol. The van der Waals surface area contributed by atoms with Crippen LogP contribution in [0.5, 0.6) is 0 Å². The van der Waals surface area contributed by atoms with Gasteiger partial charge in [0.25, 0.3) is 0 Å². The van der Waals surface area contributed by atoms with E-state index >= 15 is 0 Å². The van der Waals surface area contributed by atoms with Crippen LogP contribution in [-0.4, -0.2) is 5.91 Å². The van der Waals surface area contributed by atoms with Gasteiger partial charge in [-0.05, 0) is 23.8 Å². The third-order valence-corrected chi connectivity index (χ3v) is 3.49. The number of hydrogen-bond acceptors (Lipinski definition) is 1. The summed E-state index contributed by atoms with van der Waals surface area (Å²) >= 11 is 0. The summed E-state index contributed by atoms with van der Waals surface area (Å²) in [5.74, 6) is 0.924. The summed E-state index contributed by atoms with van der Waals surface area (Å²) < 4.78 is 0. The Morgan fingerprint density at radius 2 is 1.88 bits per heavy atom. The first-order valence-electron chi connectivity index (χ1n) is 6.04. The van der Waals surface area contributed by atoms with Crippen LogP contribution in [0.4, 0.5) is 5.69 Å². The third-order valence-electron chi connectivity index (χ3n) is 3.49. The van der Waals surface area contributed by atoms with E-state index in [9.17, 15) is 4.79 Å². The third kappa shape index (κ3) is 1.91. The minimum atomic E-state index is 0.161. The van der Waals surface area contributed by atoms with E-state index in [1.54, 1.807) is 0 Å². The quantitative estimate of drug-likeness (QED) is 0.833. The minimum Gasteiger partial charge on any atom is -0.325 e. The van der Waals surface area contributed by atoms with Crippen molar-refractivity contribution in [2.24, 2.45) is 11.8 Å². The van der Waals surface area contributed by atoms with Gasteiger partial charge in [-0.3, -0.25) is 4.79 Å². The van der Waals surface area contributed by atoms with Gasteiger partial charge in [-0.25, -0.2) is 0 Å². The van der Waals surface area contributed by atoms with Crippen LogP contribution in [0.15, 0.2) is 42.5 Å². The van der Waals surface area contributed by atoms with Crippen molar-refractivity contribution >= 4 is 22.4 Å². The summed E-state index contributed by atoms with van der Waals surface area (Å²) in [4.78, 5) is 11.9. The number of amides is 1. The highest BCUT2D eigenvalue weighted by molar-refractivity contribution is 6.03. The molecule has 0 bridgehead atoms. The molecule has 86 valence electrons. The number of benzene rings is 2. The maximum Gasteiger partial charge on any atom is 0.227 e. The Balaban J connectivity index is 1.92. The highest BCUT2D eigenvalue weighted by atomic mass is 16.2. The second-order valence-electron chi connectivity index (χ2n) is 4.84. The van der Waals surface area contributed by atoms with Crippen molar-refractivity contribution in [3.8, 4) is 0 Å². The van der Waals surface area contributed by atoms with Crippen LogP contribution < -0.4 is 5.32 Å². The molecule has 1 saturated carbocycles. The second-order valence-corrected chi connectivity index (χ2v) is 4.84. The summed E-state index contributed by atoms with van der Waals surface area (Å²) in [7, 11) is 0. The van der Waals surface area contributed by atoms with Gasteiger partial charge in [-0.1, -0.05) is 43.3 Å². The van der Waals surface area contributed by atoms with Crippen molar-refractivity contribution in [3.05, 3.63) is 42.5 Å². The van der Waals surface area contributed by atoms with Crippen molar-refractivity contribution in [1.82, 2.24) is 0 Å². The van der Waals surface area contributed by atoms with Gasteiger partial charge in [-0.2, -0.15) is 0 Å². The topological polar surface area (TPSA) is 29.1 Å². The van der Waals surface area contributed by atoms with Gasteiger partial charge in [0.15, 0.2) is 0 Å². The molecule has 0 aromatic heterocycles. The molecule has 0 radical (unpaired) electrons. The van der Waals surface area contributed by atoms with Crippen LogP contribution in [0.2, 0.25) is 0 Å². The first-order valence-corrected chi connectivity index (χ1v) is 6.04. The normalized spacial score (nSPS) is 22.4. The van der Waals surface area contributed by atoms with Crippen molar-refractivity contribution in [1.29, 1.82) is 0 Å². The molecule has 1 amide bonds. The molecule has 2 nitrogen and oxygen atoms in total. The maximum absolute atomic E-state index is 11.9. The van der Waals surface area contributed by atoms with E-state index in [0.717, 1.165) is 22.9 Å². The summed E-state index contributed by atoms with van der Waals surface area (Å²) in [5, 5.41) is 5.31. The molecule has 2 aromatic rings. The number of anilines is 1. The molecule has 1 aliphatic rings. The molecule has 0 saturated heterocycles. The molecular formula is C15H15NO. The molecule has 0 aliphatic heterocycles. The molecule has 1 aliphatic carbocycles. The smallest absolute Gasteiger partial charge is 0.227 e. The van der Waals surface area contributed by atoms with Crippen LogP contribution in [-0.2, 0) is 4.79 Å². The number of hydrogen-bond donors (Lipinski definition) is 1. The number of nitrogens with one attached hydrogen (secondary N) is 1. The lowest BCUT2D eigenvalue weighted by Crippen LogP contribution is -2.14. The largest absolute Gasteiger partial charge is 0.325 e. The predicted molar refractivity (Wildman–Crippen MR) is 69.8 cm³/mol. The van der Waals surface area contributed by atoms with Gasteiger partial charge >= 0.3 is 0 Å². The molecule has 2 unspecified atom stereocenters. The van der Waals surface area contributed by atoms with Gasteiger partial charge in [0, 0.05) is 17.0 Å². The molecule has 1 fully saturated rings. The maximum atomic E-state index is 11.9. The van der Waals surface area contributed by atoms with Crippen molar-refractivity contribution < 1.29 is 4.79 Å². The van der Waals surface area contributed by atoms with Gasteiger partial charge in [0.05, 0.1) is 0 Å². The Hall–Kier alpha value is -1.83. The monoisotopic (exact) mass is 225 g/mol. The molecule has 2 aromatic carbocycles. The lowest BCUT2D eigenvalue weighted by molar-refractivity contribution is -0.117. The summed E-state index contributed by atoms with van der Waals surface area (Å²) in [6.07, 6.45) is 1.02. The Labute approximate surface area is 101 Å². The summed E-state index contributed by atoms with van der Waals surface area (Å²) in [6.45, 7) is 2.12. The van der Waals surface area contributed by atoms with Crippen molar-refractivity contribution in [3.63, 3.8) is 0 Å². The number of rotatable bonds is 2. The highest BCUT2D eigenvalue weighted by Crippen LogP contribution is 2.38. The molecule has 0 spiro atoms. The SMILES string of the molecule is CC1CC1C(=O)Nc1cccc2ccccc12. The number of carbonyl (C=O) groups is 1. The standard InChI is InChI=1S/C15H15NO/c1-10-9-13(10)15(17)16-14-8-4-6-11-5-2-3-7-12(11)14/h2-8,10,13H,9H2,1H3,(H,16,17). The van der Waals surface area contributed by atoms with Crippen LogP contribution in [0.3, 0.4) is 0 Å². The zero-order valence-electron chi connectivity index (χ0n) is 9.81. The fraction of sp³-hybridized carbons (Fsp3) is 0.267. The molecule has 17 heavy (non-hydrogen) atoms. The Kier molecular flexibility index (Phi) is 2.36. The van der Waals surface area contributed by atoms with Gasteiger partial charge < -0.3 is 5.32 Å². The van der Waals surface area contributed by atoms with E-state index in [0.29, 0.717) is 5.92 Å². The number of fused-ring (bicyclic) bond motifs is 1. The fourth-order valence-electron chi connectivity index (χ4n) is 2.25. The molecular weight excluding hydrogens is 210 g/mol. The van der Waals surface area contributed by atoms with Gasteiger partial charge in [-0.15, -0.1) is 0 Å². The van der Waals surface area contributed by atoms with Gasteiger partial charge in [0.1, 0.15) is 0 Å². The van der Waals surface area contributed by atoms with E-state index < -0.39 is 0 Å². The van der Waals surface area contributed by atoms with E-state index in [1.165, 1.54) is 0 Å². The van der Waals surface area contributed by atoms with Crippen molar-refractivity contribution in [2.45, 2.75) is 13.3 Å². The average Bonchev–Trinajstić information content (AvgIpc) is 3.07. The van der Waals surface area contributed by atoms with Crippen molar-refractivity contribution in [2.75, 3.05) is 5.32 Å². The van der Waals surface area contributed by atoms with Crippen LogP contribution >= 0.6 is 0 Å². The van der Waals surface area contributed by atoms with E-state index in [1.807, 2.05) is 30.3 Å². The lowest BCUT2D eigenvalue weighted by Gasteiger charge is -2.08.